The van der Waals surface area contributed by atoms with Gasteiger partial charge in [-0.1, -0.05) is 86.0 Å². The summed E-state index contributed by atoms with van der Waals surface area (Å²) in [4.78, 5) is 19.0. The fourth-order valence-corrected chi connectivity index (χ4v) is 3.86. The number of azide groups is 2. The standard InChI is InChI=1S/C25H26N6O/c1-4-25(2,3)21-15-19(13-17-5-9-22(10-6-17)28-30-26)24(32)20(16-21)14-18-7-11-23(12-8-18)29-31-27/h5-14,21H,4,15-16H2,1-3H3/b19-13+,20-14+. The number of rotatable bonds is 6. The maximum Gasteiger partial charge on any atom is 0.185 e. The van der Waals surface area contributed by atoms with E-state index in [0.717, 1.165) is 41.5 Å². The third kappa shape index (κ3) is 5.46. The van der Waals surface area contributed by atoms with Crippen molar-refractivity contribution in [1.29, 1.82) is 0 Å². The molecule has 0 amide bonds. The number of nitrogens with zero attached hydrogens (tertiary/aromatic N) is 6. The molecule has 0 aromatic heterocycles. The van der Waals surface area contributed by atoms with E-state index in [-0.39, 0.29) is 11.2 Å². The summed E-state index contributed by atoms with van der Waals surface area (Å²) in [6, 6.07) is 14.4. The summed E-state index contributed by atoms with van der Waals surface area (Å²) in [7, 11) is 0. The molecule has 0 N–H and O–H groups in total. The minimum Gasteiger partial charge on any atom is -0.289 e. The summed E-state index contributed by atoms with van der Waals surface area (Å²) < 4.78 is 0. The van der Waals surface area contributed by atoms with Crippen LogP contribution in [0, 0.1) is 11.3 Å². The van der Waals surface area contributed by atoms with Gasteiger partial charge in [-0.15, -0.1) is 0 Å². The van der Waals surface area contributed by atoms with E-state index in [1.165, 1.54) is 0 Å². The molecule has 7 heteroatoms. The molecule has 0 atom stereocenters. The maximum atomic E-state index is 13.4. The second-order valence-electron chi connectivity index (χ2n) is 8.68. The molecule has 1 aliphatic carbocycles. The Labute approximate surface area is 187 Å². The minimum absolute atomic E-state index is 0.0615. The second kappa shape index (κ2) is 10.0. The summed E-state index contributed by atoms with van der Waals surface area (Å²) >= 11 is 0. The molecule has 0 saturated heterocycles. The van der Waals surface area contributed by atoms with E-state index in [1.54, 1.807) is 24.3 Å². The van der Waals surface area contributed by atoms with Crippen LogP contribution in [0.15, 0.2) is 69.9 Å². The molecule has 2 aromatic carbocycles. The molecule has 2 aromatic rings. The molecule has 0 unspecified atom stereocenters. The highest BCUT2D eigenvalue weighted by Crippen LogP contribution is 2.44. The Kier molecular flexibility index (Phi) is 7.16. The van der Waals surface area contributed by atoms with E-state index in [1.807, 2.05) is 36.4 Å². The SMILES string of the molecule is CCC(C)(C)C1C/C(=C\c2ccc(N=[N+]=[N-])cc2)C(=O)/C(=C/c2ccc(N=[N+]=[N-])cc2)C1. The highest BCUT2D eigenvalue weighted by Gasteiger charge is 2.36. The largest absolute Gasteiger partial charge is 0.289 e. The van der Waals surface area contributed by atoms with E-state index >= 15 is 0 Å². The van der Waals surface area contributed by atoms with Gasteiger partial charge in [-0.05, 0) is 58.5 Å². The summed E-state index contributed by atoms with van der Waals surface area (Å²) in [6.45, 7) is 6.70. The van der Waals surface area contributed by atoms with Crippen molar-refractivity contribution >= 4 is 29.3 Å². The average molecular weight is 427 g/mol. The highest BCUT2D eigenvalue weighted by molar-refractivity contribution is 6.14. The van der Waals surface area contributed by atoms with Crippen molar-refractivity contribution in [2.45, 2.75) is 40.0 Å². The normalized spacial score (nSPS) is 18.8. The van der Waals surface area contributed by atoms with Crippen LogP contribution in [-0.2, 0) is 4.79 Å². The first kappa shape index (κ1) is 22.9. The Hall–Kier alpha value is -3.79. The predicted octanol–water partition coefficient (Wildman–Crippen LogP) is 8.45. The van der Waals surface area contributed by atoms with E-state index < -0.39 is 0 Å². The molecule has 0 aliphatic heterocycles. The topological polar surface area (TPSA) is 115 Å². The van der Waals surface area contributed by atoms with Crippen molar-refractivity contribution in [3.63, 3.8) is 0 Å². The molecule has 32 heavy (non-hydrogen) atoms. The van der Waals surface area contributed by atoms with Crippen molar-refractivity contribution in [3.8, 4) is 0 Å². The summed E-state index contributed by atoms with van der Waals surface area (Å²) in [6.07, 6.45) is 6.36. The van der Waals surface area contributed by atoms with Gasteiger partial charge in [-0.3, -0.25) is 4.79 Å². The van der Waals surface area contributed by atoms with E-state index in [2.05, 4.69) is 40.8 Å². The second-order valence-corrected chi connectivity index (χ2v) is 8.68. The molecule has 1 saturated carbocycles. The number of allylic oxidation sites excluding steroid dienone is 2. The Morgan fingerprint density at radius 3 is 1.62 bits per heavy atom. The van der Waals surface area contributed by atoms with Gasteiger partial charge in [0.25, 0.3) is 0 Å². The van der Waals surface area contributed by atoms with Crippen LogP contribution in [0.2, 0.25) is 0 Å². The molecule has 1 aliphatic rings. The van der Waals surface area contributed by atoms with Crippen LogP contribution in [-0.4, -0.2) is 5.78 Å². The Balaban J connectivity index is 1.98. The van der Waals surface area contributed by atoms with Crippen LogP contribution < -0.4 is 0 Å². The monoisotopic (exact) mass is 426 g/mol. The molecule has 7 nitrogen and oxygen atoms in total. The van der Waals surface area contributed by atoms with Crippen LogP contribution in [0.3, 0.4) is 0 Å². The number of hydrogen-bond acceptors (Lipinski definition) is 3. The number of Topliss-reactive ketones (excluding diaryl/α,β-unsaturated/α-hetero) is 1. The Morgan fingerprint density at radius 1 is 0.875 bits per heavy atom. The Morgan fingerprint density at radius 2 is 1.28 bits per heavy atom. The molecule has 0 spiro atoms. The quantitative estimate of drug-likeness (QED) is 0.196. The number of carbonyl (C=O) groups is 1. The van der Waals surface area contributed by atoms with Crippen LogP contribution in [0.25, 0.3) is 33.0 Å². The van der Waals surface area contributed by atoms with Gasteiger partial charge < -0.3 is 0 Å². The van der Waals surface area contributed by atoms with Crippen molar-refractivity contribution in [2.75, 3.05) is 0 Å². The summed E-state index contributed by atoms with van der Waals surface area (Å²) in [5.74, 6) is 0.402. The smallest absolute Gasteiger partial charge is 0.185 e. The van der Waals surface area contributed by atoms with Crippen LogP contribution in [0.5, 0.6) is 0 Å². The molecule has 0 radical (unpaired) electrons. The number of carbonyl (C=O) groups excluding carboxylic acids is 1. The maximum absolute atomic E-state index is 13.4. The average Bonchev–Trinajstić information content (AvgIpc) is 2.79. The molecule has 0 bridgehead atoms. The van der Waals surface area contributed by atoms with Gasteiger partial charge >= 0.3 is 0 Å². The lowest BCUT2D eigenvalue weighted by atomic mass is 9.66. The summed E-state index contributed by atoms with van der Waals surface area (Å²) in [5, 5.41) is 7.20. The molecule has 1 fully saturated rings. The zero-order valence-corrected chi connectivity index (χ0v) is 18.6. The lowest BCUT2D eigenvalue weighted by molar-refractivity contribution is -0.113. The van der Waals surface area contributed by atoms with E-state index in [4.69, 9.17) is 11.1 Å². The molecule has 0 heterocycles. The van der Waals surface area contributed by atoms with Gasteiger partial charge in [0.15, 0.2) is 5.78 Å². The van der Waals surface area contributed by atoms with Gasteiger partial charge in [0.2, 0.25) is 0 Å². The van der Waals surface area contributed by atoms with E-state index in [0.29, 0.717) is 17.3 Å². The summed E-state index contributed by atoms with van der Waals surface area (Å²) in [5.41, 5.74) is 21.7. The van der Waals surface area contributed by atoms with Gasteiger partial charge in [-0.25, -0.2) is 0 Å². The Bertz CT molecular complexity index is 1060. The molecule has 3 rings (SSSR count). The van der Waals surface area contributed by atoms with Crippen molar-refractivity contribution in [3.05, 3.63) is 91.7 Å². The van der Waals surface area contributed by atoms with Gasteiger partial charge in [0.1, 0.15) is 0 Å². The van der Waals surface area contributed by atoms with E-state index in [9.17, 15) is 4.79 Å². The van der Waals surface area contributed by atoms with Gasteiger partial charge in [-0.2, -0.15) is 0 Å². The molecular formula is C25H26N6O. The number of benzene rings is 2. The fraction of sp³-hybridized carbons (Fsp3) is 0.320. The zero-order chi connectivity index (χ0) is 23.1. The molecular weight excluding hydrogens is 400 g/mol. The lowest BCUT2D eigenvalue weighted by Gasteiger charge is -2.37. The van der Waals surface area contributed by atoms with Crippen molar-refractivity contribution in [2.24, 2.45) is 21.6 Å². The van der Waals surface area contributed by atoms with Gasteiger partial charge in [0, 0.05) is 32.3 Å². The third-order valence-corrected chi connectivity index (χ3v) is 6.32. The number of hydrogen-bond donors (Lipinski definition) is 0. The predicted molar refractivity (Wildman–Crippen MR) is 128 cm³/mol. The minimum atomic E-state index is 0.0615. The van der Waals surface area contributed by atoms with Gasteiger partial charge in [0.05, 0.1) is 0 Å². The first-order valence-corrected chi connectivity index (χ1v) is 10.6. The fourth-order valence-electron chi connectivity index (χ4n) is 3.86. The van der Waals surface area contributed by atoms with Crippen molar-refractivity contribution < 1.29 is 4.79 Å². The third-order valence-electron chi connectivity index (χ3n) is 6.32. The first-order chi connectivity index (χ1) is 15.4. The molecule has 162 valence electrons. The number of ketones is 1. The van der Waals surface area contributed by atoms with Crippen LogP contribution in [0.4, 0.5) is 11.4 Å². The lowest BCUT2D eigenvalue weighted by Crippen LogP contribution is -2.30. The zero-order valence-electron chi connectivity index (χ0n) is 18.6. The van der Waals surface area contributed by atoms with Crippen molar-refractivity contribution in [1.82, 2.24) is 0 Å². The first-order valence-electron chi connectivity index (χ1n) is 10.6. The van der Waals surface area contributed by atoms with Crippen LogP contribution in [0.1, 0.15) is 51.2 Å². The highest BCUT2D eigenvalue weighted by atomic mass is 16.1. The van der Waals surface area contributed by atoms with Crippen LogP contribution >= 0.6 is 0 Å².